The van der Waals surface area contributed by atoms with Gasteiger partial charge in [-0.05, 0) is 42.9 Å². The van der Waals surface area contributed by atoms with Crippen LogP contribution in [0.2, 0.25) is 0 Å². The Labute approximate surface area is 284 Å². The molecule has 6 nitrogen and oxygen atoms in total. The summed E-state index contributed by atoms with van der Waals surface area (Å²) in [5.41, 5.74) is 1.11. The van der Waals surface area contributed by atoms with Crippen LogP contribution < -0.4 is 0 Å². The Morgan fingerprint density at radius 2 is 0.717 bits per heavy atom. The largest absolute Gasteiger partial charge is 0.296 e. The molecule has 0 fully saturated rings. The van der Waals surface area contributed by atoms with Crippen LogP contribution in [0.4, 0.5) is 0 Å². The molecule has 0 amide bonds. The maximum Gasteiger partial charge on any atom is 0.296 e. The fourth-order valence-corrected chi connectivity index (χ4v) is 8.74. The first kappa shape index (κ1) is 43.1. The highest BCUT2D eigenvalue weighted by atomic mass is 32.2. The molecule has 1 aromatic carbocycles. The van der Waals surface area contributed by atoms with Crippen LogP contribution in [0.1, 0.15) is 205 Å². The van der Waals surface area contributed by atoms with Gasteiger partial charge in [0.05, 0.1) is 0 Å². The summed E-state index contributed by atoms with van der Waals surface area (Å²) in [7, 11) is -9.64. The number of aryl methyl sites for hydroxylation is 1. The van der Waals surface area contributed by atoms with E-state index in [4.69, 9.17) is 0 Å². The molecular weight excluding hydrogens is 617 g/mol. The second-order valence-electron chi connectivity index (χ2n) is 13.7. The summed E-state index contributed by atoms with van der Waals surface area (Å²) in [5, 5.41) is 0. The van der Waals surface area contributed by atoms with E-state index >= 15 is 0 Å². The molecule has 8 heteroatoms. The van der Waals surface area contributed by atoms with Crippen LogP contribution in [-0.4, -0.2) is 25.9 Å². The molecule has 1 aromatic rings. The zero-order valence-electron chi connectivity index (χ0n) is 29.7. The van der Waals surface area contributed by atoms with Gasteiger partial charge in [0.15, 0.2) is 0 Å². The average Bonchev–Trinajstić information content (AvgIpc) is 3.00. The van der Waals surface area contributed by atoms with E-state index in [-0.39, 0.29) is 0 Å². The van der Waals surface area contributed by atoms with Gasteiger partial charge in [-0.25, -0.2) is 0 Å². The van der Waals surface area contributed by atoms with Gasteiger partial charge in [-0.15, -0.1) is 0 Å². The summed E-state index contributed by atoms with van der Waals surface area (Å²) in [6.45, 7) is 4.50. The summed E-state index contributed by atoms with van der Waals surface area (Å²) >= 11 is 0. The SMILES string of the molecule is CCCCCCCCCCCCCCCCc1ccc(S(=O)(=O)O)c(S(=O)(=O)O)c1CCCCCCCCCCCCCCCC. The van der Waals surface area contributed by atoms with Crippen molar-refractivity contribution in [2.24, 2.45) is 0 Å². The molecule has 0 heterocycles. The normalized spacial score (nSPS) is 12.3. The number of rotatable bonds is 32. The molecule has 0 saturated heterocycles. The van der Waals surface area contributed by atoms with Gasteiger partial charge in [0, 0.05) is 0 Å². The average molecular weight is 687 g/mol. The molecule has 0 aliphatic rings. The lowest BCUT2D eigenvalue weighted by molar-refractivity contribution is 0.464. The summed E-state index contributed by atoms with van der Waals surface area (Å²) in [6, 6.07) is 2.76. The molecular formula is C38H70O6S2. The van der Waals surface area contributed by atoms with Gasteiger partial charge in [0.1, 0.15) is 9.79 Å². The van der Waals surface area contributed by atoms with E-state index in [2.05, 4.69) is 13.8 Å². The first-order valence-electron chi connectivity index (χ1n) is 19.2. The van der Waals surface area contributed by atoms with Crippen molar-refractivity contribution in [2.75, 3.05) is 0 Å². The van der Waals surface area contributed by atoms with Gasteiger partial charge in [0.25, 0.3) is 20.2 Å². The molecule has 0 spiro atoms. The summed E-state index contributed by atoms with van der Waals surface area (Å²) in [6.07, 6.45) is 35.4. The van der Waals surface area contributed by atoms with Gasteiger partial charge in [-0.2, -0.15) is 16.8 Å². The van der Waals surface area contributed by atoms with Crippen LogP contribution in [0.15, 0.2) is 21.9 Å². The highest BCUT2D eigenvalue weighted by Crippen LogP contribution is 2.31. The zero-order chi connectivity index (χ0) is 33.9. The molecule has 0 bridgehead atoms. The Balaban J connectivity index is 2.49. The molecule has 46 heavy (non-hydrogen) atoms. The van der Waals surface area contributed by atoms with Crippen LogP contribution in [0.25, 0.3) is 0 Å². The van der Waals surface area contributed by atoms with E-state index < -0.39 is 30.0 Å². The van der Waals surface area contributed by atoms with Gasteiger partial charge in [-0.1, -0.05) is 187 Å². The van der Waals surface area contributed by atoms with Gasteiger partial charge < -0.3 is 0 Å². The van der Waals surface area contributed by atoms with Crippen molar-refractivity contribution in [3.05, 3.63) is 23.3 Å². The fourth-order valence-electron chi connectivity index (χ4n) is 6.65. The topological polar surface area (TPSA) is 109 Å². The third-order valence-electron chi connectivity index (χ3n) is 9.44. The first-order chi connectivity index (χ1) is 22.1. The summed E-state index contributed by atoms with van der Waals surface area (Å²) < 4.78 is 68.7. The van der Waals surface area contributed by atoms with Gasteiger partial charge in [-0.3, -0.25) is 9.11 Å². The maximum absolute atomic E-state index is 12.4. The van der Waals surface area contributed by atoms with Gasteiger partial charge in [0.2, 0.25) is 0 Å². The predicted molar refractivity (Wildman–Crippen MR) is 194 cm³/mol. The smallest absolute Gasteiger partial charge is 0.282 e. The lowest BCUT2D eigenvalue weighted by Crippen LogP contribution is -2.14. The monoisotopic (exact) mass is 686 g/mol. The number of benzene rings is 1. The number of unbranched alkanes of at least 4 members (excludes halogenated alkanes) is 26. The van der Waals surface area contributed by atoms with E-state index in [0.29, 0.717) is 24.8 Å². The Morgan fingerprint density at radius 3 is 1.02 bits per heavy atom. The van der Waals surface area contributed by atoms with Crippen LogP contribution >= 0.6 is 0 Å². The maximum atomic E-state index is 12.4. The molecule has 0 aromatic heterocycles. The van der Waals surface area contributed by atoms with Crippen molar-refractivity contribution in [3.63, 3.8) is 0 Å². The van der Waals surface area contributed by atoms with Crippen LogP contribution in [0.5, 0.6) is 0 Å². The highest BCUT2D eigenvalue weighted by molar-refractivity contribution is 7.89. The third kappa shape index (κ3) is 21.1. The predicted octanol–water partition coefficient (Wildman–Crippen LogP) is 12.2. The second-order valence-corrected chi connectivity index (χ2v) is 16.4. The van der Waals surface area contributed by atoms with Crippen LogP contribution in [0.3, 0.4) is 0 Å². The highest BCUT2D eigenvalue weighted by Gasteiger charge is 2.28. The second kappa shape index (κ2) is 26.9. The molecule has 1 rings (SSSR count). The molecule has 0 unspecified atom stereocenters. The molecule has 2 N–H and O–H groups in total. The minimum Gasteiger partial charge on any atom is -0.282 e. The minimum atomic E-state index is -4.84. The van der Waals surface area contributed by atoms with Crippen molar-refractivity contribution in [3.8, 4) is 0 Å². The minimum absolute atomic E-state index is 0.353. The molecule has 270 valence electrons. The zero-order valence-corrected chi connectivity index (χ0v) is 31.3. The van der Waals surface area contributed by atoms with Crippen LogP contribution in [0, 0.1) is 0 Å². The molecule has 0 radical (unpaired) electrons. The van der Waals surface area contributed by atoms with Crippen LogP contribution in [-0.2, 0) is 33.1 Å². The molecule has 0 aliphatic carbocycles. The lowest BCUT2D eigenvalue weighted by Gasteiger charge is -2.16. The number of hydrogen-bond donors (Lipinski definition) is 2. The van der Waals surface area contributed by atoms with Crippen molar-refractivity contribution in [1.82, 2.24) is 0 Å². The fraction of sp³-hybridized carbons (Fsp3) is 0.842. The van der Waals surface area contributed by atoms with E-state index in [1.165, 1.54) is 135 Å². The Hall–Kier alpha value is -0.960. The quantitative estimate of drug-likeness (QED) is 0.0577. The molecule has 0 aliphatic heterocycles. The van der Waals surface area contributed by atoms with E-state index in [1.807, 2.05) is 0 Å². The Morgan fingerprint density at radius 1 is 0.413 bits per heavy atom. The standard InChI is InChI=1S/C38H70O6S2/c1-3-5-7-9-11-13-15-17-19-21-23-25-27-29-31-35-33-34-37(45(39,40)41)38(46(42,43)44)36(35)32-30-28-26-24-22-20-18-16-14-12-10-8-6-4-2/h33-34H,3-32H2,1-2H3,(H,39,40,41)(H,42,43,44). The summed E-state index contributed by atoms with van der Waals surface area (Å²) in [5.74, 6) is 0. The van der Waals surface area contributed by atoms with E-state index in [9.17, 15) is 25.9 Å². The van der Waals surface area contributed by atoms with Crippen molar-refractivity contribution >= 4 is 20.2 Å². The Kier molecular flexibility index (Phi) is 25.2. The van der Waals surface area contributed by atoms with E-state index in [0.717, 1.165) is 50.2 Å². The first-order valence-corrected chi connectivity index (χ1v) is 22.1. The van der Waals surface area contributed by atoms with Crippen molar-refractivity contribution in [1.29, 1.82) is 0 Å². The van der Waals surface area contributed by atoms with Crippen molar-refractivity contribution < 1.29 is 25.9 Å². The van der Waals surface area contributed by atoms with Crippen molar-refractivity contribution in [2.45, 2.75) is 216 Å². The van der Waals surface area contributed by atoms with Gasteiger partial charge >= 0.3 is 0 Å². The molecule has 0 atom stereocenters. The Bertz CT molecular complexity index is 1100. The molecule has 0 saturated carbocycles. The van der Waals surface area contributed by atoms with E-state index in [1.54, 1.807) is 6.07 Å². The lowest BCUT2D eigenvalue weighted by atomic mass is 9.96. The third-order valence-corrected chi connectivity index (χ3v) is 11.4. The number of hydrogen-bond acceptors (Lipinski definition) is 4. The summed E-state index contributed by atoms with van der Waals surface area (Å²) in [4.78, 5) is -1.35.